The molecule has 0 saturated heterocycles. The Labute approximate surface area is 115 Å². The molecule has 1 aliphatic carbocycles. The van der Waals surface area contributed by atoms with E-state index in [1.807, 2.05) is 21.6 Å². The first-order valence-corrected chi connectivity index (χ1v) is 7.50. The molecule has 0 spiro atoms. The van der Waals surface area contributed by atoms with Crippen molar-refractivity contribution >= 4 is 11.8 Å². The molecule has 2 aromatic rings. The molecule has 2 aromatic heterocycles. The molecular weight excluding hydrogens is 262 g/mol. The number of nitrogens with zero attached hydrogens (tertiary/aromatic N) is 6. The third-order valence-corrected chi connectivity index (χ3v) is 3.88. The summed E-state index contributed by atoms with van der Waals surface area (Å²) >= 11 is 1.66. The first-order chi connectivity index (χ1) is 9.42. The Kier molecular flexibility index (Phi) is 4.09. The third-order valence-electron chi connectivity index (χ3n) is 2.94. The maximum atomic E-state index is 4.17. The van der Waals surface area contributed by atoms with Gasteiger partial charge < -0.3 is 5.32 Å². The maximum absolute atomic E-state index is 4.17. The lowest BCUT2D eigenvalue weighted by atomic mass is 10.6. The summed E-state index contributed by atoms with van der Waals surface area (Å²) in [6.45, 7) is 2.63. The van der Waals surface area contributed by atoms with E-state index >= 15 is 0 Å². The Hall–Kier alpha value is -1.41. The van der Waals surface area contributed by atoms with Gasteiger partial charge in [0.05, 0.1) is 13.1 Å². The molecule has 0 aromatic carbocycles. The molecule has 19 heavy (non-hydrogen) atoms. The Morgan fingerprint density at radius 1 is 1.37 bits per heavy atom. The van der Waals surface area contributed by atoms with Crippen molar-refractivity contribution in [2.75, 3.05) is 12.3 Å². The van der Waals surface area contributed by atoms with E-state index in [4.69, 9.17) is 0 Å². The van der Waals surface area contributed by atoms with Gasteiger partial charge in [-0.05, 0) is 29.3 Å². The maximum Gasteiger partial charge on any atom is 0.209 e. The van der Waals surface area contributed by atoms with Gasteiger partial charge in [0, 0.05) is 30.7 Å². The number of hydrogen-bond acceptors (Lipinski definition) is 6. The van der Waals surface area contributed by atoms with Gasteiger partial charge in [0.15, 0.2) is 0 Å². The number of aryl methyl sites for hydroxylation is 1. The van der Waals surface area contributed by atoms with Crippen molar-refractivity contribution in [2.45, 2.75) is 37.1 Å². The lowest BCUT2D eigenvalue weighted by Crippen LogP contribution is -2.22. The van der Waals surface area contributed by atoms with E-state index in [2.05, 4.69) is 25.9 Å². The van der Waals surface area contributed by atoms with Gasteiger partial charge in [0.25, 0.3) is 0 Å². The molecule has 3 rings (SSSR count). The number of nitrogens with one attached hydrogen (secondary N) is 1. The summed E-state index contributed by atoms with van der Waals surface area (Å²) in [4.78, 5) is 0. The molecule has 1 fully saturated rings. The third kappa shape index (κ3) is 3.77. The van der Waals surface area contributed by atoms with Crippen LogP contribution in [0.3, 0.4) is 0 Å². The number of hydrogen-bond donors (Lipinski definition) is 1. The van der Waals surface area contributed by atoms with Gasteiger partial charge in [-0.2, -0.15) is 5.10 Å². The summed E-state index contributed by atoms with van der Waals surface area (Å²) < 4.78 is 3.78. The second-order valence-electron chi connectivity index (χ2n) is 4.53. The van der Waals surface area contributed by atoms with Crippen molar-refractivity contribution in [1.29, 1.82) is 0 Å². The standard InChI is InChI=1S/C11H17N7S/c1-4-13-17(6-1)8-9-19-11-14-15-16-18(11)7-5-12-10-2-3-10/h1,4,6,10,12H,2-3,5,7-9H2. The highest BCUT2D eigenvalue weighted by atomic mass is 32.2. The monoisotopic (exact) mass is 279 g/mol. The van der Waals surface area contributed by atoms with Gasteiger partial charge in [0.1, 0.15) is 0 Å². The highest BCUT2D eigenvalue weighted by molar-refractivity contribution is 7.99. The predicted octanol–water partition coefficient (Wildman–Crippen LogP) is 0.414. The van der Waals surface area contributed by atoms with Crippen LogP contribution in [-0.4, -0.2) is 48.3 Å². The van der Waals surface area contributed by atoms with Crippen molar-refractivity contribution in [3.8, 4) is 0 Å². The van der Waals surface area contributed by atoms with Crippen LogP contribution in [0.15, 0.2) is 23.6 Å². The van der Waals surface area contributed by atoms with Gasteiger partial charge in [-0.3, -0.25) is 4.68 Å². The second kappa shape index (κ2) is 6.16. The zero-order valence-corrected chi connectivity index (χ0v) is 11.5. The topological polar surface area (TPSA) is 73.5 Å². The number of rotatable bonds is 8. The van der Waals surface area contributed by atoms with Crippen LogP contribution in [0.25, 0.3) is 0 Å². The Morgan fingerprint density at radius 3 is 3.11 bits per heavy atom. The van der Waals surface area contributed by atoms with E-state index in [9.17, 15) is 0 Å². The minimum absolute atomic E-state index is 0.729. The minimum Gasteiger partial charge on any atom is -0.312 e. The summed E-state index contributed by atoms with van der Waals surface area (Å²) in [6.07, 6.45) is 6.36. The summed E-state index contributed by atoms with van der Waals surface area (Å²) in [5.41, 5.74) is 0. The lowest BCUT2D eigenvalue weighted by Gasteiger charge is -2.05. The largest absolute Gasteiger partial charge is 0.312 e. The molecule has 0 amide bonds. The molecule has 0 bridgehead atoms. The van der Waals surface area contributed by atoms with Crippen molar-refractivity contribution in [1.82, 2.24) is 35.3 Å². The molecule has 102 valence electrons. The normalized spacial score (nSPS) is 14.9. The smallest absolute Gasteiger partial charge is 0.209 e. The first-order valence-electron chi connectivity index (χ1n) is 6.51. The van der Waals surface area contributed by atoms with Crippen LogP contribution in [0.1, 0.15) is 12.8 Å². The zero-order valence-electron chi connectivity index (χ0n) is 10.6. The fraction of sp³-hybridized carbons (Fsp3) is 0.636. The number of tetrazole rings is 1. The van der Waals surface area contributed by atoms with Gasteiger partial charge in [-0.1, -0.05) is 11.8 Å². The Balaban J connectivity index is 1.43. The minimum atomic E-state index is 0.729. The summed E-state index contributed by atoms with van der Waals surface area (Å²) in [5, 5.41) is 20.3. The highest BCUT2D eigenvalue weighted by Crippen LogP contribution is 2.18. The Morgan fingerprint density at radius 2 is 2.32 bits per heavy atom. The molecule has 0 unspecified atom stereocenters. The van der Waals surface area contributed by atoms with Gasteiger partial charge in [-0.25, -0.2) is 4.68 Å². The molecule has 0 radical (unpaired) electrons. The van der Waals surface area contributed by atoms with Gasteiger partial charge >= 0.3 is 0 Å². The molecule has 0 aliphatic heterocycles. The van der Waals surface area contributed by atoms with Crippen LogP contribution in [-0.2, 0) is 13.1 Å². The van der Waals surface area contributed by atoms with Gasteiger partial charge in [0.2, 0.25) is 5.16 Å². The van der Waals surface area contributed by atoms with E-state index in [-0.39, 0.29) is 0 Å². The quantitative estimate of drug-likeness (QED) is 0.706. The average molecular weight is 279 g/mol. The molecule has 1 saturated carbocycles. The van der Waals surface area contributed by atoms with Crippen molar-refractivity contribution in [2.24, 2.45) is 0 Å². The van der Waals surface area contributed by atoms with Crippen LogP contribution >= 0.6 is 11.8 Å². The van der Waals surface area contributed by atoms with Crippen LogP contribution < -0.4 is 5.32 Å². The summed E-state index contributed by atoms with van der Waals surface area (Å²) in [5.74, 6) is 0.915. The fourth-order valence-electron chi connectivity index (χ4n) is 1.77. The van der Waals surface area contributed by atoms with E-state index < -0.39 is 0 Å². The Bertz CT molecular complexity index is 491. The molecule has 8 heteroatoms. The fourth-order valence-corrected chi connectivity index (χ4v) is 2.60. The molecular formula is C11H17N7S. The second-order valence-corrected chi connectivity index (χ2v) is 5.59. The highest BCUT2D eigenvalue weighted by Gasteiger charge is 2.19. The predicted molar refractivity (Wildman–Crippen MR) is 71.8 cm³/mol. The van der Waals surface area contributed by atoms with E-state index in [0.717, 1.165) is 36.6 Å². The SMILES string of the molecule is c1cnn(CCSc2nnnn2CCNC2CC2)c1. The van der Waals surface area contributed by atoms with Crippen LogP contribution in [0.5, 0.6) is 0 Å². The zero-order chi connectivity index (χ0) is 12.9. The van der Waals surface area contributed by atoms with Crippen molar-refractivity contribution in [3.05, 3.63) is 18.5 Å². The molecule has 0 atom stereocenters. The number of thioether (sulfide) groups is 1. The molecule has 7 nitrogen and oxygen atoms in total. The van der Waals surface area contributed by atoms with Crippen molar-refractivity contribution in [3.63, 3.8) is 0 Å². The summed E-state index contributed by atoms with van der Waals surface area (Å²) in [6, 6.07) is 2.66. The van der Waals surface area contributed by atoms with Crippen LogP contribution in [0.4, 0.5) is 0 Å². The van der Waals surface area contributed by atoms with Gasteiger partial charge in [-0.15, -0.1) is 5.10 Å². The van der Waals surface area contributed by atoms with Crippen molar-refractivity contribution < 1.29 is 0 Å². The first kappa shape index (κ1) is 12.6. The number of aromatic nitrogens is 6. The van der Waals surface area contributed by atoms with Crippen LogP contribution in [0, 0.1) is 0 Å². The van der Waals surface area contributed by atoms with E-state index in [1.54, 1.807) is 18.0 Å². The molecule has 1 aliphatic rings. The molecule has 2 heterocycles. The average Bonchev–Trinajstić information content (AvgIpc) is 2.90. The van der Waals surface area contributed by atoms with Crippen LogP contribution in [0.2, 0.25) is 0 Å². The van der Waals surface area contributed by atoms with E-state index in [0.29, 0.717) is 0 Å². The van der Waals surface area contributed by atoms with E-state index in [1.165, 1.54) is 12.8 Å². The molecule has 1 N–H and O–H groups in total. The lowest BCUT2D eigenvalue weighted by molar-refractivity contribution is 0.509. The summed E-state index contributed by atoms with van der Waals surface area (Å²) in [7, 11) is 0.